The number of para-hydroxylation sites is 2. The number of hydrogen-bond acceptors (Lipinski definition) is 7. The molecule has 0 bridgehead atoms. The van der Waals surface area contributed by atoms with Crippen LogP contribution >= 0.6 is 0 Å². The van der Waals surface area contributed by atoms with Crippen molar-refractivity contribution >= 4 is 11.8 Å². The molecule has 206 valence electrons. The third kappa shape index (κ3) is 5.59. The van der Waals surface area contributed by atoms with Gasteiger partial charge in [-0.3, -0.25) is 4.79 Å². The maximum atomic E-state index is 13.9. The van der Waals surface area contributed by atoms with Gasteiger partial charge in [0.25, 0.3) is 0 Å². The lowest BCUT2D eigenvalue weighted by Crippen LogP contribution is -2.36. The molecule has 2 aliphatic rings. The quantitative estimate of drug-likeness (QED) is 0.276. The third-order valence-electron chi connectivity index (χ3n) is 7.41. The maximum Gasteiger partial charge on any atom is 0.336 e. The number of methoxy groups -OCH3 is 2. The van der Waals surface area contributed by atoms with Crippen molar-refractivity contribution in [3.05, 3.63) is 113 Å². The molecule has 0 amide bonds. The molecule has 1 heterocycles. The van der Waals surface area contributed by atoms with Gasteiger partial charge in [0.1, 0.15) is 30.5 Å². The lowest BCUT2D eigenvalue weighted by atomic mass is 9.71. The summed E-state index contributed by atoms with van der Waals surface area (Å²) >= 11 is 0. The molecular weight excluding hydrogens is 506 g/mol. The van der Waals surface area contributed by atoms with Crippen molar-refractivity contribution in [3.8, 4) is 17.2 Å². The molecule has 0 aromatic heterocycles. The molecule has 0 fully saturated rings. The summed E-state index contributed by atoms with van der Waals surface area (Å²) in [6, 6.07) is 24.7. The molecule has 0 radical (unpaired) electrons. The zero-order chi connectivity index (χ0) is 28.1. The van der Waals surface area contributed by atoms with Crippen molar-refractivity contribution in [2.24, 2.45) is 0 Å². The number of hydrogen-bond donors (Lipinski definition) is 1. The monoisotopic (exact) mass is 539 g/mol. The third-order valence-corrected chi connectivity index (χ3v) is 7.41. The van der Waals surface area contributed by atoms with Crippen LogP contribution in [0.4, 0.5) is 0 Å². The number of ether oxygens (including phenoxy) is 4. The number of carbonyl (C=O) groups is 2. The van der Waals surface area contributed by atoms with Crippen LogP contribution in [0, 0.1) is 0 Å². The Bertz CT molecular complexity index is 1440. The highest BCUT2D eigenvalue weighted by molar-refractivity contribution is 6.04. The average molecular weight is 540 g/mol. The van der Waals surface area contributed by atoms with Gasteiger partial charge in [-0.25, -0.2) is 4.79 Å². The number of allylic oxidation sites excluding steroid dienone is 3. The number of nitrogens with one attached hydrogen (secondary N) is 1. The summed E-state index contributed by atoms with van der Waals surface area (Å²) in [7, 11) is 3.22. The smallest absolute Gasteiger partial charge is 0.336 e. The van der Waals surface area contributed by atoms with Crippen molar-refractivity contribution in [1.29, 1.82) is 0 Å². The summed E-state index contributed by atoms with van der Waals surface area (Å²) in [5, 5.41) is 3.40. The number of dihydropyridines is 1. The van der Waals surface area contributed by atoms with Gasteiger partial charge in [-0.05, 0) is 55.2 Å². The van der Waals surface area contributed by atoms with Crippen molar-refractivity contribution < 1.29 is 28.5 Å². The highest BCUT2D eigenvalue weighted by Gasteiger charge is 2.42. The standard InChI is InChI=1S/C33H33NO6/c1-21-30(33(36)40-18-17-39-25-9-5-4-6-10-25)31(26-11-7-8-12-29(26)38-3)32-27(34-21)19-23(20-28(32)35)22-13-15-24(37-2)16-14-22/h4-16,23,31,34H,17-20H2,1-3H3/t23-,31-/m0/s1. The molecule has 0 saturated carbocycles. The van der Waals surface area contributed by atoms with E-state index in [0.717, 1.165) is 22.6 Å². The van der Waals surface area contributed by atoms with Crippen LogP contribution in [0.15, 0.2) is 101 Å². The fourth-order valence-corrected chi connectivity index (χ4v) is 5.53. The van der Waals surface area contributed by atoms with Crippen LogP contribution in [0.5, 0.6) is 17.2 Å². The molecule has 0 spiro atoms. The summed E-state index contributed by atoms with van der Waals surface area (Å²) in [4.78, 5) is 27.4. The Morgan fingerprint density at radius 3 is 2.30 bits per heavy atom. The summed E-state index contributed by atoms with van der Waals surface area (Å²) in [6.45, 7) is 2.14. The minimum atomic E-state index is -0.612. The second-order valence-electron chi connectivity index (χ2n) is 9.83. The summed E-state index contributed by atoms with van der Waals surface area (Å²) in [5.74, 6) is 0.989. The van der Waals surface area contributed by atoms with Crippen LogP contribution in [-0.2, 0) is 14.3 Å². The number of benzene rings is 3. The molecule has 7 nitrogen and oxygen atoms in total. The first kappa shape index (κ1) is 27.1. The minimum Gasteiger partial charge on any atom is -0.497 e. The van der Waals surface area contributed by atoms with Crippen molar-refractivity contribution in [3.63, 3.8) is 0 Å². The van der Waals surface area contributed by atoms with Crippen molar-refractivity contribution in [1.82, 2.24) is 5.32 Å². The van der Waals surface area contributed by atoms with Crippen LogP contribution < -0.4 is 19.5 Å². The minimum absolute atomic E-state index is 0.00400. The van der Waals surface area contributed by atoms with Crippen LogP contribution in [0.1, 0.15) is 42.7 Å². The zero-order valence-corrected chi connectivity index (χ0v) is 22.9. The highest BCUT2D eigenvalue weighted by atomic mass is 16.6. The van der Waals surface area contributed by atoms with Gasteiger partial charge < -0.3 is 24.3 Å². The Morgan fingerprint density at radius 2 is 1.57 bits per heavy atom. The first-order chi connectivity index (χ1) is 19.5. The molecule has 1 N–H and O–H groups in total. The van der Waals surface area contributed by atoms with E-state index in [-0.39, 0.29) is 24.9 Å². The van der Waals surface area contributed by atoms with E-state index in [0.29, 0.717) is 41.2 Å². The molecule has 1 aliphatic heterocycles. The Labute approximate surface area is 234 Å². The zero-order valence-electron chi connectivity index (χ0n) is 22.9. The Kier molecular flexibility index (Phi) is 8.20. The fraction of sp³-hybridized carbons (Fsp3) is 0.273. The van der Waals surface area contributed by atoms with Crippen molar-refractivity contribution in [2.75, 3.05) is 27.4 Å². The lowest BCUT2D eigenvalue weighted by molar-refractivity contribution is -0.140. The highest BCUT2D eigenvalue weighted by Crippen LogP contribution is 2.47. The van der Waals surface area contributed by atoms with Gasteiger partial charge in [0.2, 0.25) is 0 Å². The summed E-state index contributed by atoms with van der Waals surface area (Å²) < 4.78 is 22.3. The second-order valence-corrected chi connectivity index (χ2v) is 9.83. The predicted octanol–water partition coefficient (Wildman–Crippen LogP) is 5.69. The first-order valence-electron chi connectivity index (χ1n) is 13.4. The van der Waals surface area contributed by atoms with E-state index in [2.05, 4.69) is 5.32 Å². The average Bonchev–Trinajstić information content (AvgIpc) is 2.99. The maximum absolute atomic E-state index is 13.9. The molecular formula is C33H33NO6. The van der Waals surface area contributed by atoms with E-state index in [4.69, 9.17) is 18.9 Å². The molecule has 7 heteroatoms. The Morgan fingerprint density at radius 1 is 0.850 bits per heavy atom. The summed E-state index contributed by atoms with van der Waals surface area (Å²) in [6.07, 6.45) is 0.981. The molecule has 2 atom stereocenters. The van der Waals surface area contributed by atoms with E-state index in [1.54, 1.807) is 14.2 Å². The molecule has 3 aromatic rings. The van der Waals surface area contributed by atoms with Crippen LogP contribution in [-0.4, -0.2) is 39.2 Å². The number of rotatable bonds is 9. The second kappa shape index (κ2) is 12.1. The normalized spacial score (nSPS) is 18.5. The number of carbonyl (C=O) groups excluding carboxylic acids is 2. The summed E-state index contributed by atoms with van der Waals surface area (Å²) in [5.41, 5.74) is 4.30. The molecule has 40 heavy (non-hydrogen) atoms. The van der Waals surface area contributed by atoms with Crippen LogP contribution in [0.25, 0.3) is 0 Å². The van der Waals surface area contributed by atoms with Gasteiger partial charge in [-0.15, -0.1) is 0 Å². The molecule has 1 aliphatic carbocycles. The van der Waals surface area contributed by atoms with E-state index in [9.17, 15) is 9.59 Å². The van der Waals surface area contributed by atoms with Gasteiger partial charge in [0, 0.05) is 29.0 Å². The van der Waals surface area contributed by atoms with Gasteiger partial charge >= 0.3 is 5.97 Å². The van der Waals surface area contributed by atoms with Gasteiger partial charge in [-0.1, -0.05) is 48.5 Å². The van der Waals surface area contributed by atoms with E-state index in [1.807, 2.05) is 85.8 Å². The van der Waals surface area contributed by atoms with Crippen molar-refractivity contribution in [2.45, 2.75) is 31.6 Å². The molecule has 0 unspecified atom stereocenters. The molecule has 3 aromatic carbocycles. The van der Waals surface area contributed by atoms with E-state index in [1.165, 1.54) is 0 Å². The largest absolute Gasteiger partial charge is 0.497 e. The SMILES string of the molecule is COc1ccc([C@@H]2CC(=O)C3=C(C2)NC(C)=C(C(=O)OCCOc2ccccc2)[C@@H]3c2ccccc2OC)cc1. The fourth-order valence-electron chi connectivity index (χ4n) is 5.53. The molecule has 0 saturated heterocycles. The van der Waals surface area contributed by atoms with Gasteiger partial charge in [-0.2, -0.15) is 0 Å². The Balaban J connectivity index is 1.44. The number of ketones is 1. The van der Waals surface area contributed by atoms with Gasteiger partial charge in [0.05, 0.1) is 25.7 Å². The van der Waals surface area contributed by atoms with E-state index >= 15 is 0 Å². The van der Waals surface area contributed by atoms with Crippen LogP contribution in [0.2, 0.25) is 0 Å². The number of Topliss-reactive ketones (excluding diaryl/α,β-unsaturated/α-hetero) is 1. The first-order valence-corrected chi connectivity index (χ1v) is 13.4. The van der Waals surface area contributed by atoms with E-state index < -0.39 is 11.9 Å². The predicted molar refractivity (Wildman–Crippen MR) is 151 cm³/mol. The topological polar surface area (TPSA) is 83.1 Å². The Hall–Kier alpha value is -4.52. The molecule has 5 rings (SSSR count). The van der Waals surface area contributed by atoms with Crippen LogP contribution in [0.3, 0.4) is 0 Å². The van der Waals surface area contributed by atoms with Gasteiger partial charge in [0.15, 0.2) is 5.78 Å². The number of esters is 1. The lowest BCUT2D eigenvalue weighted by Gasteiger charge is -2.37.